The van der Waals surface area contributed by atoms with Gasteiger partial charge >= 0.3 is 0 Å². The Bertz CT molecular complexity index is 1260. The summed E-state index contributed by atoms with van der Waals surface area (Å²) in [4.78, 5) is 40.9. The van der Waals surface area contributed by atoms with E-state index in [9.17, 15) is 14.4 Å². The monoisotopic (exact) mass is 461 g/mol. The molecule has 2 amide bonds. The highest BCUT2D eigenvalue weighted by atomic mass is 16.5. The summed E-state index contributed by atoms with van der Waals surface area (Å²) in [5.74, 6) is 1.34. The molecule has 1 aliphatic rings. The second-order valence-electron chi connectivity index (χ2n) is 9.22. The maximum Gasteiger partial charge on any atom is 0.262 e. The van der Waals surface area contributed by atoms with Gasteiger partial charge in [0.1, 0.15) is 5.75 Å². The molecule has 1 aliphatic heterocycles. The van der Waals surface area contributed by atoms with E-state index in [1.54, 1.807) is 61.8 Å². The third-order valence-electron chi connectivity index (χ3n) is 6.35. The molecule has 0 aliphatic carbocycles. The van der Waals surface area contributed by atoms with Crippen molar-refractivity contribution in [2.45, 2.75) is 26.7 Å². The molecule has 1 N–H and O–H groups in total. The van der Waals surface area contributed by atoms with Gasteiger partial charge in [0.2, 0.25) is 5.91 Å². The molecule has 0 saturated carbocycles. The maximum atomic E-state index is 13.2. The van der Waals surface area contributed by atoms with Crippen LogP contribution in [0.1, 0.15) is 37.0 Å². The van der Waals surface area contributed by atoms with E-state index in [1.165, 1.54) is 4.57 Å². The van der Waals surface area contributed by atoms with E-state index in [4.69, 9.17) is 4.74 Å². The fraction of sp³-hybridized carbons (Fsp3) is 0.370. The molecular weight excluding hydrogens is 430 g/mol. The molecule has 1 saturated heterocycles. The van der Waals surface area contributed by atoms with Crippen LogP contribution < -0.4 is 15.6 Å². The lowest BCUT2D eigenvalue weighted by atomic mass is 9.92. The number of fused-ring (bicyclic) bond motifs is 1. The number of carbonyl (C=O) groups excluding carboxylic acids is 2. The summed E-state index contributed by atoms with van der Waals surface area (Å²) >= 11 is 0. The minimum atomic E-state index is -0.318. The third-order valence-corrected chi connectivity index (χ3v) is 6.35. The molecule has 2 heterocycles. The van der Waals surface area contributed by atoms with Gasteiger partial charge in [-0.2, -0.15) is 0 Å². The second kappa shape index (κ2) is 10.1. The van der Waals surface area contributed by atoms with E-state index in [2.05, 4.69) is 19.2 Å². The summed E-state index contributed by atoms with van der Waals surface area (Å²) in [7, 11) is 1.56. The molecule has 7 heteroatoms. The van der Waals surface area contributed by atoms with Gasteiger partial charge in [0.25, 0.3) is 11.5 Å². The van der Waals surface area contributed by atoms with Crippen molar-refractivity contribution in [3.63, 3.8) is 0 Å². The lowest BCUT2D eigenvalue weighted by molar-refractivity contribution is -0.133. The Hall–Kier alpha value is -3.61. The highest BCUT2D eigenvalue weighted by Gasteiger charge is 2.25. The molecule has 178 valence electrons. The molecule has 2 aromatic carbocycles. The van der Waals surface area contributed by atoms with Crippen LogP contribution in [0.2, 0.25) is 0 Å². The molecular formula is C27H31N3O4. The van der Waals surface area contributed by atoms with Crippen LogP contribution in [-0.4, -0.2) is 48.0 Å². The van der Waals surface area contributed by atoms with Crippen molar-refractivity contribution in [3.8, 4) is 11.4 Å². The molecule has 2 atom stereocenters. The van der Waals surface area contributed by atoms with Crippen molar-refractivity contribution in [3.05, 3.63) is 70.6 Å². The molecule has 7 nitrogen and oxygen atoms in total. The highest BCUT2D eigenvalue weighted by molar-refractivity contribution is 6.06. The smallest absolute Gasteiger partial charge is 0.262 e. The quantitative estimate of drug-likeness (QED) is 0.608. The van der Waals surface area contributed by atoms with Crippen LogP contribution in [0.4, 0.5) is 0 Å². The van der Waals surface area contributed by atoms with Crippen LogP contribution >= 0.6 is 0 Å². The van der Waals surface area contributed by atoms with Gasteiger partial charge < -0.3 is 15.0 Å². The Labute approximate surface area is 199 Å². The molecule has 3 aromatic rings. The third kappa shape index (κ3) is 4.98. The molecule has 34 heavy (non-hydrogen) atoms. The number of benzene rings is 2. The van der Waals surface area contributed by atoms with Gasteiger partial charge in [0, 0.05) is 49.1 Å². The number of rotatable bonds is 6. The summed E-state index contributed by atoms with van der Waals surface area (Å²) in [5.41, 5.74) is 0.766. The van der Waals surface area contributed by atoms with Crippen molar-refractivity contribution < 1.29 is 14.3 Å². The Morgan fingerprint density at radius 2 is 1.74 bits per heavy atom. The van der Waals surface area contributed by atoms with E-state index in [0.29, 0.717) is 39.6 Å². The lowest BCUT2D eigenvalue weighted by Crippen LogP contribution is -2.43. The second-order valence-corrected chi connectivity index (χ2v) is 9.22. The number of carbonyl (C=O) groups is 2. The Balaban J connectivity index is 1.56. The van der Waals surface area contributed by atoms with Crippen molar-refractivity contribution >= 4 is 22.6 Å². The first kappa shape index (κ1) is 23.5. The van der Waals surface area contributed by atoms with Crippen LogP contribution in [0.5, 0.6) is 5.75 Å². The molecule has 0 bridgehead atoms. The van der Waals surface area contributed by atoms with Gasteiger partial charge in [0.05, 0.1) is 18.4 Å². The molecule has 4 rings (SSSR count). The number of amides is 2. The first-order chi connectivity index (χ1) is 16.4. The van der Waals surface area contributed by atoms with Gasteiger partial charge in [-0.3, -0.25) is 19.0 Å². The number of nitrogens with one attached hydrogen (secondary N) is 1. The Morgan fingerprint density at radius 1 is 1.03 bits per heavy atom. The highest BCUT2D eigenvalue weighted by Crippen LogP contribution is 2.22. The first-order valence-corrected chi connectivity index (χ1v) is 11.7. The van der Waals surface area contributed by atoms with Gasteiger partial charge in [-0.25, -0.2) is 0 Å². The number of piperidine rings is 1. The van der Waals surface area contributed by atoms with Crippen molar-refractivity contribution in [2.24, 2.45) is 11.8 Å². The van der Waals surface area contributed by atoms with E-state index >= 15 is 0 Å². The first-order valence-electron chi connectivity index (χ1n) is 11.7. The molecule has 0 spiro atoms. The average Bonchev–Trinajstić information content (AvgIpc) is 2.83. The van der Waals surface area contributed by atoms with Crippen molar-refractivity contribution in [1.82, 2.24) is 14.8 Å². The Kier molecular flexibility index (Phi) is 7.01. The number of aromatic nitrogens is 1. The number of hydrogen-bond donors (Lipinski definition) is 1. The maximum absolute atomic E-state index is 13.2. The van der Waals surface area contributed by atoms with E-state index < -0.39 is 0 Å². The minimum absolute atomic E-state index is 0.0601. The van der Waals surface area contributed by atoms with Crippen molar-refractivity contribution in [2.75, 3.05) is 26.7 Å². The van der Waals surface area contributed by atoms with Crippen LogP contribution in [-0.2, 0) is 4.79 Å². The summed E-state index contributed by atoms with van der Waals surface area (Å²) < 4.78 is 6.75. The van der Waals surface area contributed by atoms with Crippen LogP contribution in [0, 0.1) is 11.8 Å². The number of likely N-dealkylation sites (tertiary alicyclic amines) is 1. The zero-order valence-corrected chi connectivity index (χ0v) is 19.9. The molecule has 1 aromatic heterocycles. The average molecular weight is 462 g/mol. The standard InChI is InChI=1S/C27H31N3O4/c1-18-13-19(2)16-29(15-18)25(31)11-12-28-26(32)24-17-30(20-7-6-8-21(14-20)34-3)27(33)23-10-5-4-9-22(23)24/h4-10,14,17-19H,11-13,15-16H2,1-3H3,(H,28,32)/t18-,19+. The minimum Gasteiger partial charge on any atom is -0.497 e. The number of pyridine rings is 1. The fourth-order valence-electron chi connectivity index (χ4n) is 4.83. The molecule has 0 unspecified atom stereocenters. The van der Waals surface area contributed by atoms with Gasteiger partial charge in [-0.15, -0.1) is 0 Å². The summed E-state index contributed by atoms with van der Waals surface area (Å²) in [6.45, 7) is 6.12. The lowest BCUT2D eigenvalue weighted by Gasteiger charge is -2.35. The topological polar surface area (TPSA) is 80.6 Å². The normalized spacial score (nSPS) is 18.0. The summed E-state index contributed by atoms with van der Waals surface area (Å²) in [6, 6.07) is 14.2. The number of methoxy groups -OCH3 is 1. The SMILES string of the molecule is COc1cccc(-n2cc(C(=O)NCCC(=O)N3C[C@H](C)C[C@H](C)C3)c3ccccc3c2=O)c1. The van der Waals surface area contributed by atoms with Crippen molar-refractivity contribution in [1.29, 1.82) is 0 Å². The predicted molar refractivity (Wildman–Crippen MR) is 133 cm³/mol. The fourth-order valence-corrected chi connectivity index (χ4v) is 4.83. The predicted octanol–water partition coefficient (Wildman–Crippen LogP) is 3.62. The Morgan fingerprint density at radius 3 is 2.44 bits per heavy atom. The van der Waals surface area contributed by atoms with Gasteiger partial charge in [0.15, 0.2) is 0 Å². The number of ether oxygens (including phenoxy) is 1. The summed E-state index contributed by atoms with van der Waals surface area (Å²) in [5, 5.41) is 3.91. The van der Waals surface area contributed by atoms with Gasteiger partial charge in [-0.1, -0.05) is 38.1 Å². The van der Waals surface area contributed by atoms with E-state index in [-0.39, 0.29) is 30.3 Å². The largest absolute Gasteiger partial charge is 0.497 e. The number of nitrogens with zero attached hydrogens (tertiary/aromatic N) is 2. The van der Waals surface area contributed by atoms with Crippen LogP contribution in [0.25, 0.3) is 16.5 Å². The van der Waals surface area contributed by atoms with Gasteiger partial charge in [-0.05, 0) is 36.5 Å². The van der Waals surface area contributed by atoms with E-state index in [1.807, 2.05) is 4.90 Å². The summed E-state index contributed by atoms with van der Waals surface area (Å²) in [6.07, 6.45) is 2.94. The molecule has 0 radical (unpaired) electrons. The van der Waals surface area contributed by atoms with E-state index in [0.717, 1.165) is 19.5 Å². The molecule has 1 fully saturated rings. The zero-order valence-electron chi connectivity index (χ0n) is 19.9. The van der Waals surface area contributed by atoms with Crippen LogP contribution in [0.3, 0.4) is 0 Å². The van der Waals surface area contributed by atoms with Crippen LogP contribution in [0.15, 0.2) is 59.5 Å². The number of hydrogen-bond acceptors (Lipinski definition) is 4. The zero-order chi connectivity index (χ0) is 24.2.